The van der Waals surface area contributed by atoms with Crippen molar-refractivity contribution in [1.82, 2.24) is 0 Å². The summed E-state index contributed by atoms with van der Waals surface area (Å²) in [4.78, 5) is 13.4. The molecule has 1 atom stereocenters. The fourth-order valence-corrected chi connectivity index (χ4v) is 2.63. The molecule has 0 spiro atoms. The van der Waals surface area contributed by atoms with Gasteiger partial charge in [0, 0.05) is 17.9 Å². The van der Waals surface area contributed by atoms with Crippen LogP contribution < -0.4 is 10.6 Å². The number of nitrogens with two attached hydrogens (primary N) is 1. The van der Waals surface area contributed by atoms with Gasteiger partial charge < -0.3 is 15.7 Å². The zero-order valence-electron chi connectivity index (χ0n) is 10.7. The molecule has 0 bridgehead atoms. The molecule has 4 nitrogen and oxygen atoms in total. The van der Waals surface area contributed by atoms with E-state index < -0.39 is 12.0 Å². The summed E-state index contributed by atoms with van der Waals surface area (Å²) in [7, 11) is 0. The molecular weight excluding hydrogens is 228 g/mol. The second-order valence-electron chi connectivity index (χ2n) is 4.83. The fourth-order valence-electron chi connectivity index (χ4n) is 2.63. The molecule has 0 fully saturated rings. The van der Waals surface area contributed by atoms with E-state index in [0.29, 0.717) is 12.1 Å². The summed E-state index contributed by atoms with van der Waals surface area (Å²) in [6, 6.07) is 5.37. The summed E-state index contributed by atoms with van der Waals surface area (Å²) in [5.41, 5.74) is 8.72. The topological polar surface area (TPSA) is 66.6 Å². The highest BCUT2D eigenvalue weighted by Crippen LogP contribution is 2.31. The third-order valence-corrected chi connectivity index (χ3v) is 3.49. The Morgan fingerprint density at radius 3 is 3.00 bits per heavy atom. The van der Waals surface area contributed by atoms with Gasteiger partial charge in [-0.25, -0.2) is 4.79 Å². The quantitative estimate of drug-likeness (QED) is 0.802. The largest absolute Gasteiger partial charge is 0.480 e. The number of fused-ring (bicyclic) bond motifs is 1. The Labute approximate surface area is 107 Å². The molecule has 2 rings (SSSR count). The zero-order chi connectivity index (χ0) is 13.1. The number of aliphatic carboxylic acids is 1. The lowest BCUT2D eigenvalue weighted by Crippen LogP contribution is -2.44. The van der Waals surface area contributed by atoms with E-state index in [0.717, 1.165) is 31.5 Å². The normalized spacial score (nSPS) is 16.2. The first-order valence-corrected chi connectivity index (χ1v) is 6.51. The van der Waals surface area contributed by atoms with Gasteiger partial charge in [-0.05, 0) is 37.0 Å². The Hall–Kier alpha value is -1.71. The van der Waals surface area contributed by atoms with Crippen LogP contribution in [0.25, 0.3) is 0 Å². The lowest BCUT2D eigenvalue weighted by molar-refractivity contribution is -0.138. The van der Waals surface area contributed by atoms with E-state index in [1.807, 2.05) is 30.0 Å². The van der Waals surface area contributed by atoms with Gasteiger partial charge in [0.25, 0.3) is 0 Å². The molecule has 1 heterocycles. The number of aryl methyl sites for hydroxylation is 1. The molecule has 0 saturated heterocycles. The highest BCUT2D eigenvalue weighted by atomic mass is 16.4. The molecule has 0 aromatic heterocycles. The Bertz CT molecular complexity index is 445. The van der Waals surface area contributed by atoms with E-state index in [2.05, 4.69) is 0 Å². The first kappa shape index (κ1) is 12.7. The molecule has 1 aromatic rings. The molecule has 0 saturated carbocycles. The molecule has 98 valence electrons. The zero-order valence-corrected chi connectivity index (χ0v) is 10.7. The molecule has 18 heavy (non-hydrogen) atoms. The van der Waals surface area contributed by atoms with Gasteiger partial charge in [-0.15, -0.1) is 0 Å². The van der Waals surface area contributed by atoms with Crippen LogP contribution in [0.5, 0.6) is 0 Å². The number of hydrogen-bond donors (Lipinski definition) is 2. The molecule has 0 amide bonds. The van der Waals surface area contributed by atoms with Crippen molar-refractivity contribution in [2.75, 3.05) is 17.2 Å². The van der Waals surface area contributed by atoms with Crippen LogP contribution in [-0.4, -0.2) is 23.7 Å². The van der Waals surface area contributed by atoms with Crippen LogP contribution in [0.2, 0.25) is 0 Å². The molecule has 1 unspecified atom stereocenters. The van der Waals surface area contributed by atoms with Crippen LogP contribution >= 0.6 is 0 Å². The van der Waals surface area contributed by atoms with Crippen molar-refractivity contribution in [2.45, 2.75) is 38.6 Å². The van der Waals surface area contributed by atoms with E-state index in [1.54, 1.807) is 0 Å². The minimum absolute atomic E-state index is 0.434. The van der Waals surface area contributed by atoms with Gasteiger partial charge in [0.2, 0.25) is 0 Å². The number of carbonyl (C=O) groups is 1. The summed E-state index contributed by atoms with van der Waals surface area (Å²) >= 11 is 0. The predicted octanol–water partition coefficient (Wildman–Crippen LogP) is 2.27. The minimum atomic E-state index is -0.743. The maximum absolute atomic E-state index is 11.4. The summed E-state index contributed by atoms with van der Waals surface area (Å²) in [5, 5.41) is 9.38. The van der Waals surface area contributed by atoms with Crippen LogP contribution in [0.3, 0.4) is 0 Å². The average molecular weight is 248 g/mol. The van der Waals surface area contributed by atoms with Crippen LogP contribution in [-0.2, 0) is 11.2 Å². The van der Waals surface area contributed by atoms with Gasteiger partial charge in [0.15, 0.2) is 0 Å². The van der Waals surface area contributed by atoms with Gasteiger partial charge in [0.1, 0.15) is 6.04 Å². The number of nitrogens with zero attached hydrogens (tertiary/aromatic N) is 1. The Morgan fingerprint density at radius 1 is 1.56 bits per heavy atom. The Kier molecular flexibility index (Phi) is 3.75. The molecular formula is C14H20N2O2. The van der Waals surface area contributed by atoms with Crippen LogP contribution in [0.1, 0.15) is 31.7 Å². The van der Waals surface area contributed by atoms with Crippen molar-refractivity contribution in [3.05, 3.63) is 23.8 Å². The molecule has 1 aliphatic rings. The van der Waals surface area contributed by atoms with Crippen molar-refractivity contribution < 1.29 is 9.90 Å². The Balaban J connectivity index is 2.35. The summed E-state index contributed by atoms with van der Waals surface area (Å²) < 4.78 is 0. The number of carboxylic acid groups (broad SMARTS) is 1. The number of benzene rings is 1. The van der Waals surface area contributed by atoms with Crippen molar-refractivity contribution in [3.63, 3.8) is 0 Å². The monoisotopic (exact) mass is 248 g/mol. The van der Waals surface area contributed by atoms with Crippen molar-refractivity contribution in [3.8, 4) is 0 Å². The smallest absolute Gasteiger partial charge is 0.326 e. The number of rotatable bonds is 4. The number of nitrogen functional groups attached to an aromatic ring is 1. The lowest BCUT2D eigenvalue weighted by atomic mass is 9.98. The first-order chi connectivity index (χ1) is 8.63. The third-order valence-electron chi connectivity index (χ3n) is 3.49. The SMILES string of the molecule is CCCC(C(=O)O)N1CCCc2ccc(N)cc21. The van der Waals surface area contributed by atoms with Crippen LogP contribution in [0.4, 0.5) is 11.4 Å². The molecule has 1 aliphatic heterocycles. The van der Waals surface area contributed by atoms with Gasteiger partial charge in [-0.1, -0.05) is 19.4 Å². The Morgan fingerprint density at radius 2 is 2.33 bits per heavy atom. The molecule has 1 aromatic carbocycles. The van der Waals surface area contributed by atoms with E-state index in [1.165, 1.54) is 5.56 Å². The van der Waals surface area contributed by atoms with E-state index in [9.17, 15) is 9.90 Å². The highest BCUT2D eigenvalue weighted by molar-refractivity contribution is 5.79. The van der Waals surface area contributed by atoms with Crippen LogP contribution in [0.15, 0.2) is 18.2 Å². The van der Waals surface area contributed by atoms with Gasteiger partial charge in [-0.3, -0.25) is 0 Å². The fraction of sp³-hybridized carbons (Fsp3) is 0.500. The van der Waals surface area contributed by atoms with Crippen molar-refractivity contribution in [1.29, 1.82) is 0 Å². The van der Waals surface area contributed by atoms with Crippen LogP contribution in [0, 0.1) is 0 Å². The molecule has 0 aliphatic carbocycles. The number of anilines is 2. The third kappa shape index (κ3) is 2.42. The molecule has 0 radical (unpaired) electrons. The number of carboxylic acids is 1. The lowest BCUT2D eigenvalue weighted by Gasteiger charge is -2.36. The van der Waals surface area contributed by atoms with E-state index >= 15 is 0 Å². The minimum Gasteiger partial charge on any atom is -0.480 e. The maximum atomic E-state index is 11.4. The van der Waals surface area contributed by atoms with Gasteiger partial charge >= 0.3 is 5.97 Å². The summed E-state index contributed by atoms with van der Waals surface area (Å²) in [5.74, 6) is -0.743. The van der Waals surface area contributed by atoms with Crippen molar-refractivity contribution >= 4 is 17.3 Å². The predicted molar refractivity (Wildman–Crippen MR) is 72.9 cm³/mol. The van der Waals surface area contributed by atoms with Crippen molar-refractivity contribution in [2.24, 2.45) is 0 Å². The van der Waals surface area contributed by atoms with Gasteiger partial charge in [-0.2, -0.15) is 0 Å². The first-order valence-electron chi connectivity index (χ1n) is 6.51. The van der Waals surface area contributed by atoms with Gasteiger partial charge in [0.05, 0.1) is 0 Å². The molecule has 3 N–H and O–H groups in total. The van der Waals surface area contributed by atoms with E-state index in [-0.39, 0.29) is 0 Å². The number of hydrogen-bond acceptors (Lipinski definition) is 3. The standard InChI is InChI=1S/C14H20N2O2/c1-2-4-12(14(17)18)16-8-3-5-10-6-7-11(15)9-13(10)16/h6-7,9,12H,2-5,8,15H2,1H3,(H,17,18). The van der Waals surface area contributed by atoms with E-state index in [4.69, 9.17) is 5.73 Å². The maximum Gasteiger partial charge on any atom is 0.326 e. The second kappa shape index (κ2) is 5.29. The second-order valence-corrected chi connectivity index (χ2v) is 4.83. The summed E-state index contributed by atoms with van der Waals surface area (Å²) in [6.07, 6.45) is 3.55. The highest BCUT2D eigenvalue weighted by Gasteiger charge is 2.28. The summed E-state index contributed by atoms with van der Waals surface area (Å²) in [6.45, 7) is 2.81. The molecule has 4 heteroatoms. The average Bonchev–Trinajstić information content (AvgIpc) is 2.35.